The number of aromatic nitrogens is 2. The Kier molecular flexibility index (Phi) is 6.54. The first-order chi connectivity index (χ1) is 15.6. The zero-order valence-electron chi connectivity index (χ0n) is 18.7. The summed E-state index contributed by atoms with van der Waals surface area (Å²) in [5.74, 6) is 1.92. The van der Waals surface area contributed by atoms with Gasteiger partial charge in [0.15, 0.2) is 11.5 Å². The highest BCUT2D eigenvalue weighted by molar-refractivity contribution is 5.94. The van der Waals surface area contributed by atoms with E-state index >= 15 is 0 Å². The van der Waals surface area contributed by atoms with Crippen molar-refractivity contribution in [2.45, 2.75) is 25.8 Å². The Balaban J connectivity index is 1.45. The second kappa shape index (κ2) is 9.68. The highest BCUT2D eigenvalue weighted by Gasteiger charge is 2.16. The van der Waals surface area contributed by atoms with E-state index in [1.165, 1.54) is 12.8 Å². The Bertz CT molecular complexity index is 1080. The number of nitrogens with one attached hydrogen (secondary N) is 1. The number of hydrogen-bond acceptors (Lipinski definition) is 6. The average Bonchev–Trinajstić information content (AvgIpc) is 3.39. The fraction of sp³-hybridized carbons (Fsp3) is 0.320. The molecule has 7 heteroatoms. The molecule has 166 valence electrons. The van der Waals surface area contributed by atoms with Crippen LogP contribution in [-0.2, 0) is 0 Å². The van der Waals surface area contributed by atoms with Crippen LogP contribution in [0.4, 0.5) is 5.95 Å². The number of anilines is 1. The highest BCUT2D eigenvalue weighted by Crippen LogP contribution is 2.30. The molecule has 1 amide bonds. The molecule has 1 atom stereocenters. The monoisotopic (exact) mass is 432 g/mol. The molecule has 1 saturated heterocycles. The van der Waals surface area contributed by atoms with Gasteiger partial charge in [-0.3, -0.25) is 4.79 Å². The Hall–Kier alpha value is -3.61. The van der Waals surface area contributed by atoms with Crippen LogP contribution in [0.25, 0.3) is 11.3 Å². The molecular formula is C25H28N4O3. The van der Waals surface area contributed by atoms with Crippen molar-refractivity contribution in [3.8, 4) is 22.8 Å². The summed E-state index contributed by atoms with van der Waals surface area (Å²) in [6, 6.07) is 14.8. The van der Waals surface area contributed by atoms with E-state index in [1.807, 2.05) is 55.5 Å². The summed E-state index contributed by atoms with van der Waals surface area (Å²) >= 11 is 0. The van der Waals surface area contributed by atoms with E-state index in [2.05, 4.69) is 15.2 Å². The fourth-order valence-corrected chi connectivity index (χ4v) is 3.86. The molecule has 0 unspecified atom stereocenters. The topological polar surface area (TPSA) is 76.6 Å². The van der Waals surface area contributed by atoms with Crippen molar-refractivity contribution in [2.24, 2.45) is 0 Å². The molecule has 3 aromatic rings. The molecule has 2 heterocycles. The number of benzene rings is 2. The summed E-state index contributed by atoms with van der Waals surface area (Å²) in [5, 5.41) is 3.04. The average molecular weight is 433 g/mol. The third-order valence-corrected chi connectivity index (χ3v) is 5.73. The molecule has 1 aliphatic rings. The number of amides is 1. The molecule has 0 saturated carbocycles. The van der Waals surface area contributed by atoms with Crippen LogP contribution in [0.1, 0.15) is 41.7 Å². The maximum atomic E-state index is 12.8. The smallest absolute Gasteiger partial charge is 0.251 e. The van der Waals surface area contributed by atoms with Crippen molar-refractivity contribution >= 4 is 11.9 Å². The normalized spacial score (nSPS) is 14.2. The molecule has 0 spiro atoms. The molecule has 4 rings (SSSR count). The summed E-state index contributed by atoms with van der Waals surface area (Å²) < 4.78 is 10.6. The zero-order valence-corrected chi connectivity index (χ0v) is 18.7. The molecule has 0 bridgehead atoms. The Morgan fingerprint density at radius 2 is 1.72 bits per heavy atom. The minimum atomic E-state index is -0.188. The third kappa shape index (κ3) is 4.66. The van der Waals surface area contributed by atoms with Gasteiger partial charge < -0.3 is 19.7 Å². The Morgan fingerprint density at radius 1 is 1.00 bits per heavy atom. The second-order valence-corrected chi connectivity index (χ2v) is 7.82. The van der Waals surface area contributed by atoms with Gasteiger partial charge in [-0.2, -0.15) is 0 Å². The van der Waals surface area contributed by atoms with Crippen LogP contribution in [0, 0.1) is 0 Å². The first-order valence-corrected chi connectivity index (χ1v) is 10.8. The predicted molar refractivity (Wildman–Crippen MR) is 124 cm³/mol. The molecule has 0 aliphatic carbocycles. The molecule has 32 heavy (non-hydrogen) atoms. The maximum absolute atomic E-state index is 12.8. The lowest BCUT2D eigenvalue weighted by Crippen LogP contribution is -2.26. The van der Waals surface area contributed by atoms with Crippen LogP contribution in [0.15, 0.2) is 54.7 Å². The molecule has 0 radical (unpaired) electrons. The van der Waals surface area contributed by atoms with Crippen LogP contribution in [0.3, 0.4) is 0 Å². The number of rotatable bonds is 7. The maximum Gasteiger partial charge on any atom is 0.251 e. The standard InChI is InChI=1S/C25H28N4O3/c1-17(20-10-11-22(31-2)23(16-20)32-3)27-24(30)19-8-6-18(7-9-19)21-12-13-26-25(28-21)29-14-4-5-15-29/h6-13,16-17H,4-5,14-15H2,1-3H3,(H,27,30)/t17-/m0/s1. The Labute approximate surface area is 188 Å². The van der Waals surface area contributed by atoms with Crippen LogP contribution in [0.2, 0.25) is 0 Å². The van der Waals surface area contributed by atoms with Gasteiger partial charge in [-0.15, -0.1) is 0 Å². The van der Waals surface area contributed by atoms with E-state index in [0.29, 0.717) is 17.1 Å². The van der Waals surface area contributed by atoms with Crippen molar-refractivity contribution < 1.29 is 14.3 Å². The molecule has 2 aromatic carbocycles. The van der Waals surface area contributed by atoms with Crippen LogP contribution < -0.4 is 19.7 Å². The predicted octanol–water partition coefficient (Wildman–Crippen LogP) is 4.25. The van der Waals surface area contributed by atoms with Gasteiger partial charge in [-0.05, 0) is 55.7 Å². The van der Waals surface area contributed by atoms with Gasteiger partial charge in [-0.25, -0.2) is 9.97 Å². The summed E-state index contributed by atoms with van der Waals surface area (Å²) in [6.45, 7) is 3.94. The molecule has 1 N–H and O–H groups in total. The largest absolute Gasteiger partial charge is 0.493 e. The first-order valence-electron chi connectivity index (χ1n) is 10.8. The zero-order chi connectivity index (χ0) is 22.5. The van der Waals surface area contributed by atoms with Crippen molar-refractivity contribution in [1.29, 1.82) is 0 Å². The number of ether oxygens (including phenoxy) is 2. The summed E-state index contributed by atoms with van der Waals surface area (Å²) in [6.07, 6.45) is 4.15. The lowest BCUT2D eigenvalue weighted by molar-refractivity contribution is 0.0940. The van der Waals surface area contributed by atoms with Crippen LogP contribution in [0.5, 0.6) is 11.5 Å². The van der Waals surface area contributed by atoms with E-state index in [0.717, 1.165) is 35.9 Å². The summed E-state index contributed by atoms with van der Waals surface area (Å²) in [4.78, 5) is 24.1. The minimum Gasteiger partial charge on any atom is -0.493 e. The van der Waals surface area contributed by atoms with E-state index < -0.39 is 0 Å². The lowest BCUT2D eigenvalue weighted by atomic mass is 10.1. The van der Waals surface area contributed by atoms with Crippen molar-refractivity contribution in [1.82, 2.24) is 15.3 Å². The first kappa shape index (κ1) is 21.6. The molecule has 1 aromatic heterocycles. The van der Waals surface area contributed by atoms with E-state index in [4.69, 9.17) is 14.5 Å². The van der Waals surface area contributed by atoms with Gasteiger partial charge >= 0.3 is 0 Å². The van der Waals surface area contributed by atoms with Crippen LogP contribution in [-0.4, -0.2) is 43.2 Å². The highest BCUT2D eigenvalue weighted by atomic mass is 16.5. The van der Waals surface area contributed by atoms with Crippen molar-refractivity contribution in [2.75, 3.05) is 32.2 Å². The van der Waals surface area contributed by atoms with Gasteiger partial charge in [-0.1, -0.05) is 18.2 Å². The number of hydrogen-bond donors (Lipinski definition) is 1. The lowest BCUT2D eigenvalue weighted by Gasteiger charge is -2.17. The molecular weight excluding hydrogens is 404 g/mol. The molecule has 7 nitrogen and oxygen atoms in total. The number of carbonyl (C=O) groups excluding carboxylic acids is 1. The van der Waals surface area contributed by atoms with Gasteiger partial charge in [0.1, 0.15) is 0 Å². The summed E-state index contributed by atoms with van der Waals surface area (Å²) in [5.41, 5.74) is 3.34. The van der Waals surface area contributed by atoms with Crippen molar-refractivity contribution in [3.05, 3.63) is 65.9 Å². The van der Waals surface area contributed by atoms with E-state index in [1.54, 1.807) is 20.4 Å². The number of carbonyl (C=O) groups is 1. The van der Waals surface area contributed by atoms with Crippen LogP contribution >= 0.6 is 0 Å². The van der Waals surface area contributed by atoms with E-state index in [9.17, 15) is 4.79 Å². The van der Waals surface area contributed by atoms with Gasteiger partial charge in [0.05, 0.1) is 26.0 Å². The van der Waals surface area contributed by atoms with E-state index in [-0.39, 0.29) is 11.9 Å². The third-order valence-electron chi connectivity index (χ3n) is 5.73. The second-order valence-electron chi connectivity index (χ2n) is 7.82. The summed E-state index contributed by atoms with van der Waals surface area (Å²) in [7, 11) is 3.19. The number of methoxy groups -OCH3 is 2. The van der Waals surface area contributed by atoms with Gasteiger partial charge in [0.2, 0.25) is 5.95 Å². The molecule has 1 fully saturated rings. The fourth-order valence-electron chi connectivity index (χ4n) is 3.86. The molecule has 1 aliphatic heterocycles. The van der Waals surface area contributed by atoms with Gasteiger partial charge in [0, 0.05) is 30.4 Å². The minimum absolute atomic E-state index is 0.140. The quantitative estimate of drug-likeness (QED) is 0.601. The van der Waals surface area contributed by atoms with Crippen molar-refractivity contribution in [3.63, 3.8) is 0 Å². The number of nitrogens with zero attached hydrogens (tertiary/aromatic N) is 3. The van der Waals surface area contributed by atoms with Gasteiger partial charge in [0.25, 0.3) is 5.91 Å². The SMILES string of the molecule is COc1ccc([C@H](C)NC(=O)c2ccc(-c3ccnc(N4CCCC4)n3)cc2)cc1OC. The Morgan fingerprint density at radius 3 is 2.41 bits per heavy atom.